The predicted octanol–water partition coefficient (Wildman–Crippen LogP) is 7.90. The fraction of sp³-hybridized carbons (Fsp3) is 0.286. The van der Waals surface area contributed by atoms with Crippen LogP contribution in [-0.4, -0.2) is 48.2 Å². The molecule has 0 aliphatic heterocycles. The summed E-state index contributed by atoms with van der Waals surface area (Å²) < 4.78 is 94.2. The van der Waals surface area contributed by atoms with Gasteiger partial charge in [0.05, 0.1) is 5.88 Å². The first-order valence-electron chi connectivity index (χ1n) is 11.7. The summed E-state index contributed by atoms with van der Waals surface area (Å²) in [6, 6.07) is 13.8. The van der Waals surface area contributed by atoms with Gasteiger partial charge in [-0.3, -0.25) is 9.59 Å². The predicted molar refractivity (Wildman–Crippen MR) is 141 cm³/mol. The lowest BCUT2D eigenvalue weighted by atomic mass is 9.90. The monoisotopic (exact) mass is 586 g/mol. The van der Waals surface area contributed by atoms with Crippen LogP contribution in [0.4, 0.5) is 36.4 Å². The van der Waals surface area contributed by atoms with E-state index < -0.39 is 29.5 Å². The molecule has 12 heteroatoms. The number of thioether (sulfide) groups is 1. The lowest BCUT2D eigenvalue weighted by molar-refractivity contribution is -0.348. The Morgan fingerprint density at radius 1 is 0.850 bits per heavy atom. The Kier molecular flexibility index (Phi) is 8.93. The van der Waals surface area contributed by atoms with Crippen LogP contribution in [0, 0.1) is 13.8 Å². The second-order valence-corrected chi connectivity index (χ2v) is 9.98. The number of carbonyl (C=O) groups excluding carboxylic acids is 2. The number of hydrogen-bond acceptors (Lipinski definition) is 3. The molecule has 0 unspecified atom stereocenters. The number of nitrogens with one attached hydrogen (secondary N) is 1. The molecule has 0 fully saturated rings. The number of aryl methyl sites for hydroxylation is 2. The van der Waals surface area contributed by atoms with Crippen molar-refractivity contribution in [2.45, 2.75) is 31.9 Å². The standard InChI is InChI=1S/C28H25F7N2O2S/c1-16-12-20(26(29,27(30,31)32)28(33,34)35)13-17(2)23(16)36-24(38)22-11-6-5-10-21(22)18-8-7-9-19(14-18)25(39)37(3)15-40-4/h5-14H,15H2,1-4H3,(H,36,38). The average Bonchev–Trinajstić information content (AvgIpc) is 2.88. The number of anilines is 1. The molecule has 0 aliphatic carbocycles. The van der Waals surface area contributed by atoms with Gasteiger partial charge in [0.25, 0.3) is 11.8 Å². The van der Waals surface area contributed by atoms with Crippen molar-refractivity contribution in [2.24, 2.45) is 0 Å². The molecule has 214 valence electrons. The van der Waals surface area contributed by atoms with Gasteiger partial charge in [0.2, 0.25) is 0 Å². The topological polar surface area (TPSA) is 49.4 Å². The molecule has 0 bridgehead atoms. The number of amides is 2. The summed E-state index contributed by atoms with van der Waals surface area (Å²) in [4.78, 5) is 27.6. The van der Waals surface area contributed by atoms with Crippen LogP contribution >= 0.6 is 11.8 Å². The van der Waals surface area contributed by atoms with Gasteiger partial charge in [-0.2, -0.15) is 26.3 Å². The Morgan fingerprint density at radius 2 is 1.43 bits per heavy atom. The first-order chi connectivity index (χ1) is 18.5. The Labute approximate surface area is 230 Å². The highest BCUT2D eigenvalue weighted by Gasteiger charge is 2.73. The van der Waals surface area contributed by atoms with Crippen molar-refractivity contribution in [3.05, 3.63) is 88.5 Å². The van der Waals surface area contributed by atoms with E-state index in [0.717, 1.165) is 0 Å². The maximum Gasteiger partial charge on any atom is 0.435 e. The highest BCUT2D eigenvalue weighted by atomic mass is 32.2. The first-order valence-corrected chi connectivity index (χ1v) is 13.1. The molecule has 0 atom stereocenters. The number of halogens is 7. The van der Waals surface area contributed by atoms with Crippen molar-refractivity contribution in [1.82, 2.24) is 4.90 Å². The Bertz CT molecular complexity index is 1380. The Balaban J connectivity index is 2.00. The largest absolute Gasteiger partial charge is 0.435 e. The summed E-state index contributed by atoms with van der Waals surface area (Å²) in [6.07, 6.45) is -10.7. The SMILES string of the molecule is CSCN(C)C(=O)c1cccc(-c2ccccc2C(=O)Nc2c(C)cc(C(F)(C(F)(F)F)C(F)(F)F)cc2C)c1. The summed E-state index contributed by atoms with van der Waals surface area (Å²) in [7, 11) is 1.65. The van der Waals surface area contributed by atoms with E-state index in [9.17, 15) is 40.3 Å². The van der Waals surface area contributed by atoms with Crippen molar-refractivity contribution < 1.29 is 40.3 Å². The van der Waals surface area contributed by atoms with Crippen LogP contribution in [0.5, 0.6) is 0 Å². The van der Waals surface area contributed by atoms with Crippen molar-refractivity contribution in [1.29, 1.82) is 0 Å². The maximum absolute atomic E-state index is 14.6. The van der Waals surface area contributed by atoms with Crippen LogP contribution in [0.3, 0.4) is 0 Å². The third-order valence-electron chi connectivity index (χ3n) is 6.21. The van der Waals surface area contributed by atoms with Crippen molar-refractivity contribution in [3.63, 3.8) is 0 Å². The number of alkyl halides is 7. The fourth-order valence-electron chi connectivity index (χ4n) is 4.25. The smallest absolute Gasteiger partial charge is 0.332 e. The van der Waals surface area contributed by atoms with Gasteiger partial charge in [-0.25, -0.2) is 4.39 Å². The zero-order valence-electron chi connectivity index (χ0n) is 21.8. The molecule has 0 heterocycles. The van der Waals surface area contributed by atoms with E-state index in [1.54, 1.807) is 49.5 Å². The van der Waals surface area contributed by atoms with Crippen molar-refractivity contribution in [2.75, 3.05) is 24.5 Å². The lowest BCUT2D eigenvalue weighted by Gasteiger charge is -2.31. The summed E-state index contributed by atoms with van der Waals surface area (Å²) in [5, 5.41) is 2.53. The van der Waals surface area contributed by atoms with Crippen LogP contribution in [0.1, 0.15) is 37.4 Å². The third-order valence-corrected chi connectivity index (χ3v) is 6.86. The summed E-state index contributed by atoms with van der Waals surface area (Å²) in [5.41, 5.74) is -6.17. The molecule has 0 aliphatic rings. The molecule has 4 nitrogen and oxygen atoms in total. The summed E-state index contributed by atoms with van der Waals surface area (Å²) in [5.74, 6) is -0.468. The molecule has 3 aromatic carbocycles. The highest BCUT2D eigenvalue weighted by molar-refractivity contribution is 7.98. The molecule has 3 rings (SSSR count). The van der Waals surface area contributed by atoms with E-state index in [2.05, 4.69) is 5.32 Å². The van der Waals surface area contributed by atoms with E-state index in [4.69, 9.17) is 0 Å². The second-order valence-electron chi connectivity index (χ2n) is 9.14. The van der Waals surface area contributed by atoms with Gasteiger partial charge in [0, 0.05) is 29.4 Å². The lowest BCUT2D eigenvalue weighted by Crippen LogP contribution is -2.50. The fourth-order valence-corrected chi connectivity index (χ4v) is 4.76. The van der Waals surface area contributed by atoms with Gasteiger partial charge in [-0.15, -0.1) is 11.8 Å². The van der Waals surface area contributed by atoms with Gasteiger partial charge in [-0.05, 0) is 60.6 Å². The quantitative estimate of drug-likeness (QED) is 0.226. The van der Waals surface area contributed by atoms with Crippen LogP contribution in [-0.2, 0) is 5.67 Å². The molecule has 2 amide bonds. The maximum atomic E-state index is 14.6. The molecule has 40 heavy (non-hydrogen) atoms. The number of carbonyl (C=O) groups is 2. The minimum absolute atomic E-state index is 0.0575. The molecule has 0 spiro atoms. The van der Waals surface area contributed by atoms with E-state index in [0.29, 0.717) is 34.7 Å². The second kappa shape index (κ2) is 11.5. The van der Waals surface area contributed by atoms with E-state index >= 15 is 0 Å². The van der Waals surface area contributed by atoms with Gasteiger partial charge in [0.1, 0.15) is 0 Å². The molecule has 0 aromatic heterocycles. The molecule has 0 saturated heterocycles. The van der Waals surface area contributed by atoms with Crippen molar-refractivity contribution in [3.8, 4) is 11.1 Å². The summed E-state index contributed by atoms with van der Waals surface area (Å²) in [6.45, 7) is 2.34. The minimum Gasteiger partial charge on any atom is -0.332 e. The molecule has 1 N–H and O–H groups in total. The number of hydrogen-bond donors (Lipinski definition) is 1. The normalized spacial score (nSPS) is 12.3. The van der Waals surface area contributed by atoms with Gasteiger partial charge >= 0.3 is 18.0 Å². The number of rotatable bonds is 7. The van der Waals surface area contributed by atoms with Gasteiger partial charge < -0.3 is 10.2 Å². The van der Waals surface area contributed by atoms with E-state index in [-0.39, 0.29) is 28.3 Å². The zero-order valence-corrected chi connectivity index (χ0v) is 22.6. The minimum atomic E-state index is -6.26. The summed E-state index contributed by atoms with van der Waals surface area (Å²) >= 11 is 1.47. The van der Waals surface area contributed by atoms with Crippen LogP contribution in [0.15, 0.2) is 60.7 Å². The van der Waals surface area contributed by atoms with Crippen LogP contribution < -0.4 is 5.32 Å². The molecule has 3 aromatic rings. The van der Waals surface area contributed by atoms with E-state index in [1.807, 2.05) is 6.26 Å². The Morgan fingerprint density at radius 3 is 1.98 bits per heavy atom. The van der Waals surface area contributed by atoms with Gasteiger partial charge in [0.15, 0.2) is 0 Å². The number of benzene rings is 3. The molecular weight excluding hydrogens is 561 g/mol. The molecule has 0 radical (unpaired) electrons. The van der Waals surface area contributed by atoms with Crippen LogP contribution in [0.25, 0.3) is 11.1 Å². The van der Waals surface area contributed by atoms with Crippen LogP contribution in [0.2, 0.25) is 0 Å². The zero-order chi connectivity index (χ0) is 30.0. The molecular formula is C28H25F7N2O2S. The Hall–Kier alpha value is -3.54. The number of nitrogens with zero attached hydrogens (tertiary/aromatic N) is 1. The third kappa shape index (κ3) is 5.96. The van der Waals surface area contributed by atoms with Crippen molar-refractivity contribution >= 4 is 29.3 Å². The van der Waals surface area contributed by atoms with E-state index in [1.165, 1.54) is 36.6 Å². The average molecular weight is 587 g/mol. The highest BCUT2D eigenvalue weighted by Crippen LogP contribution is 2.53. The van der Waals surface area contributed by atoms with Gasteiger partial charge in [-0.1, -0.05) is 42.5 Å². The molecule has 0 saturated carbocycles. The first kappa shape index (κ1) is 31.0.